The molecule has 1 atom stereocenters. The largest absolute Gasteiger partial charge is 0.494 e. The number of rotatable bonds is 8. The molecule has 0 bridgehead atoms. The van der Waals surface area contributed by atoms with Crippen LogP contribution in [0, 0.1) is 5.41 Å². The summed E-state index contributed by atoms with van der Waals surface area (Å²) in [4.78, 5) is 0. The summed E-state index contributed by atoms with van der Waals surface area (Å²) in [7, 11) is 0. The van der Waals surface area contributed by atoms with Crippen molar-refractivity contribution in [3.8, 4) is 5.75 Å². The van der Waals surface area contributed by atoms with Gasteiger partial charge in [0.05, 0.1) is 6.61 Å². The van der Waals surface area contributed by atoms with Crippen molar-refractivity contribution in [2.75, 3.05) is 13.2 Å². The van der Waals surface area contributed by atoms with E-state index in [1.165, 1.54) is 0 Å². The minimum absolute atomic E-state index is 0.302. The van der Waals surface area contributed by atoms with Crippen LogP contribution in [-0.2, 0) is 0 Å². The highest BCUT2D eigenvalue weighted by molar-refractivity contribution is 9.10. The fourth-order valence-corrected chi connectivity index (χ4v) is 2.19. The first-order valence-electron chi connectivity index (χ1n) is 7.07. The van der Waals surface area contributed by atoms with Crippen LogP contribution in [0.4, 0.5) is 0 Å². The van der Waals surface area contributed by atoms with Gasteiger partial charge in [0.15, 0.2) is 0 Å². The van der Waals surface area contributed by atoms with E-state index in [4.69, 9.17) is 4.74 Å². The summed E-state index contributed by atoms with van der Waals surface area (Å²) >= 11 is 3.46. The van der Waals surface area contributed by atoms with Crippen molar-refractivity contribution in [3.05, 3.63) is 28.7 Å². The van der Waals surface area contributed by atoms with Crippen molar-refractivity contribution in [3.63, 3.8) is 0 Å². The normalized spacial score (nSPS) is 14.4. The lowest BCUT2D eigenvalue weighted by Gasteiger charge is -2.29. The summed E-state index contributed by atoms with van der Waals surface area (Å²) in [6, 6.07) is 8.56. The fraction of sp³-hybridized carbons (Fsp3) is 0.625. The molecule has 1 aromatic rings. The van der Waals surface area contributed by atoms with Crippen molar-refractivity contribution < 1.29 is 4.74 Å². The van der Waals surface area contributed by atoms with Crippen LogP contribution in [0.1, 0.15) is 40.5 Å². The number of halogens is 1. The molecule has 0 aliphatic carbocycles. The molecule has 1 aromatic carbocycles. The van der Waals surface area contributed by atoms with Crippen LogP contribution in [0.15, 0.2) is 28.7 Å². The van der Waals surface area contributed by atoms with Gasteiger partial charge in [0, 0.05) is 17.1 Å². The van der Waals surface area contributed by atoms with Gasteiger partial charge in [0.25, 0.3) is 0 Å². The molecule has 0 radical (unpaired) electrons. The fourth-order valence-electron chi connectivity index (χ4n) is 1.81. The molecule has 0 aliphatic rings. The number of hydrogen-bond acceptors (Lipinski definition) is 2. The second-order valence-electron chi connectivity index (χ2n) is 5.76. The van der Waals surface area contributed by atoms with E-state index in [1.807, 2.05) is 24.3 Å². The average molecular weight is 328 g/mol. The summed E-state index contributed by atoms with van der Waals surface area (Å²) in [5.74, 6) is 0.935. The Balaban J connectivity index is 2.40. The molecule has 0 spiro atoms. The molecular formula is C16H26BrNO. The molecule has 0 heterocycles. The molecule has 108 valence electrons. The van der Waals surface area contributed by atoms with Crippen LogP contribution < -0.4 is 10.1 Å². The third-order valence-corrected chi connectivity index (χ3v) is 4.05. The first kappa shape index (κ1) is 16.5. The lowest BCUT2D eigenvalue weighted by Crippen LogP contribution is -2.36. The van der Waals surface area contributed by atoms with E-state index in [0.717, 1.165) is 36.2 Å². The zero-order valence-electron chi connectivity index (χ0n) is 12.5. The maximum atomic E-state index is 5.83. The quantitative estimate of drug-likeness (QED) is 0.751. The second-order valence-corrected chi connectivity index (χ2v) is 6.67. The van der Waals surface area contributed by atoms with Crippen molar-refractivity contribution in [1.29, 1.82) is 0 Å². The highest BCUT2D eigenvalue weighted by atomic mass is 79.9. The lowest BCUT2D eigenvalue weighted by molar-refractivity contribution is 0.196. The summed E-state index contributed by atoms with van der Waals surface area (Å²) in [5, 5.41) is 3.53. The molecule has 0 aromatic heterocycles. The molecule has 2 nitrogen and oxygen atoms in total. The predicted octanol–water partition coefficient (Wildman–Crippen LogP) is 4.63. The molecule has 0 amide bonds. The molecule has 0 aliphatic heterocycles. The molecule has 1 N–H and O–H groups in total. The summed E-state index contributed by atoms with van der Waals surface area (Å²) < 4.78 is 6.89. The highest BCUT2D eigenvalue weighted by Crippen LogP contribution is 2.26. The Morgan fingerprint density at radius 2 is 2.11 bits per heavy atom. The van der Waals surface area contributed by atoms with E-state index in [9.17, 15) is 0 Å². The maximum Gasteiger partial charge on any atom is 0.120 e. The van der Waals surface area contributed by atoms with E-state index in [1.54, 1.807) is 0 Å². The zero-order valence-corrected chi connectivity index (χ0v) is 14.1. The Morgan fingerprint density at radius 1 is 1.37 bits per heavy atom. The number of benzene rings is 1. The van der Waals surface area contributed by atoms with Gasteiger partial charge in [-0.15, -0.1) is 0 Å². The standard InChI is InChI=1S/C16H26BrNO/c1-5-16(4,12-18-13(2)3)9-10-19-15-8-6-7-14(17)11-15/h6-8,11,13,18H,5,9-10,12H2,1-4H3. The van der Waals surface area contributed by atoms with E-state index in [2.05, 4.69) is 48.9 Å². The number of nitrogens with one attached hydrogen (secondary N) is 1. The van der Waals surface area contributed by atoms with Gasteiger partial charge in [0.2, 0.25) is 0 Å². The minimum atomic E-state index is 0.302. The summed E-state index contributed by atoms with van der Waals surface area (Å²) in [6.07, 6.45) is 2.23. The Labute approximate surface area is 126 Å². The van der Waals surface area contributed by atoms with E-state index in [0.29, 0.717) is 11.5 Å². The second kappa shape index (κ2) is 7.91. The lowest BCUT2D eigenvalue weighted by atomic mass is 9.84. The summed E-state index contributed by atoms with van der Waals surface area (Å²) in [5.41, 5.74) is 0.302. The van der Waals surface area contributed by atoms with Crippen molar-refractivity contribution >= 4 is 15.9 Å². The Kier molecular flexibility index (Phi) is 6.87. The molecule has 1 unspecified atom stereocenters. The van der Waals surface area contributed by atoms with Gasteiger partial charge >= 0.3 is 0 Å². The number of hydrogen-bond donors (Lipinski definition) is 1. The third kappa shape index (κ3) is 6.44. The topological polar surface area (TPSA) is 21.3 Å². The minimum Gasteiger partial charge on any atom is -0.494 e. The van der Waals surface area contributed by atoms with Gasteiger partial charge in [-0.3, -0.25) is 0 Å². The molecule has 0 saturated heterocycles. The van der Waals surface area contributed by atoms with Gasteiger partial charge in [-0.25, -0.2) is 0 Å². The average Bonchev–Trinajstić information content (AvgIpc) is 2.36. The molecular weight excluding hydrogens is 302 g/mol. The molecule has 1 rings (SSSR count). The van der Waals surface area contributed by atoms with Crippen LogP contribution in [0.2, 0.25) is 0 Å². The molecule has 0 saturated carbocycles. The Hall–Kier alpha value is -0.540. The highest BCUT2D eigenvalue weighted by Gasteiger charge is 2.22. The monoisotopic (exact) mass is 327 g/mol. The zero-order chi connectivity index (χ0) is 14.3. The SMILES string of the molecule is CCC(C)(CCOc1cccc(Br)c1)CNC(C)C. The van der Waals surface area contributed by atoms with Gasteiger partial charge in [-0.05, 0) is 36.5 Å². The van der Waals surface area contributed by atoms with Crippen LogP contribution in [0.5, 0.6) is 5.75 Å². The van der Waals surface area contributed by atoms with Crippen molar-refractivity contribution in [2.45, 2.75) is 46.6 Å². The first-order valence-corrected chi connectivity index (χ1v) is 7.86. The van der Waals surface area contributed by atoms with E-state index >= 15 is 0 Å². The van der Waals surface area contributed by atoms with Crippen LogP contribution in [0.25, 0.3) is 0 Å². The smallest absolute Gasteiger partial charge is 0.120 e. The van der Waals surface area contributed by atoms with Gasteiger partial charge in [-0.2, -0.15) is 0 Å². The van der Waals surface area contributed by atoms with E-state index < -0.39 is 0 Å². The molecule has 19 heavy (non-hydrogen) atoms. The molecule has 3 heteroatoms. The van der Waals surface area contributed by atoms with Gasteiger partial charge < -0.3 is 10.1 Å². The maximum absolute atomic E-state index is 5.83. The Bertz CT molecular complexity index is 381. The van der Waals surface area contributed by atoms with Crippen LogP contribution in [0.3, 0.4) is 0 Å². The van der Waals surface area contributed by atoms with Crippen molar-refractivity contribution in [2.24, 2.45) is 5.41 Å². The Morgan fingerprint density at radius 3 is 2.68 bits per heavy atom. The van der Waals surface area contributed by atoms with Gasteiger partial charge in [-0.1, -0.05) is 49.7 Å². The van der Waals surface area contributed by atoms with Crippen molar-refractivity contribution in [1.82, 2.24) is 5.32 Å². The molecule has 0 fully saturated rings. The first-order chi connectivity index (χ1) is 8.95. The third-order valence-electron chi connectivity index (χ3n) is 3.56. The number of ether oxygens (including phenoxy) is 1. The van der Waals surface area contributed by atoms with Crippen LogP contribution >= 0.6 is 15.9 Å². The summed E-state index contributed by atoms with van der Waals surface area (Å²) in [6.45, 7) is 10.8. The predicted molar refractivity (Wildman–Crippen MR) is 85.8 cm³/mol. The van der Waals surface area contributed by atoms with Crippen LogP contribution in [-0.4, -0.2) is 19.2 Å². The van der Waals surface area contributed by atoms with Gasteiger partial charge in [0.1, 0.15) is 5.75 Å². The van der Waals surface area contributed by atoms with E-state index in [-0.39, 0.29) is 0 Å².